The molecule has 0 amide bonds. The van der Waals surface area contributed by atoms with Crippen LogP contribution in [0.4, 0.5) is 26.3 Å². The van der Waals surface area contributed by atoms with Crippen molar-refractivity contribution in [1.29, 1.82) is 0 Å². The SMILES string of the molecule is Cc1c(F)c(F)c(F)c(F)c1C(F)=C(F)C(=O)O. The third kappa shape index (κ3) is 2.05. The molecule has 0 heterocycles. The van der Waals surface area contributed by atoms with Gasteiger partial charge in [-0.25, -0.2) is 26.7 Å². The van der Waals surface area contributed by atoms with Gasteiger partial charge in [0.1, 0.15) is 0 Å². The Morgan fingerprint density at radius 3 is 1.83 bits per heavy atom. The summed E-state index contributed by atoms with van der Waals surface area (Å²) in [6, 6.07) is 0. The Balaban J connectivity index is 3.73. The van der Waals surface area contributed by atoms with Gasteiger partial charge in [-0.3, -0.25) is 0 Å². The molecule has 0 atom stereocenters. The molecular weight excluding hydrogens is 266 g/mol. The maximum atomic E-state index is 13.2. The molecule has 1 rings (SSSR count). The minimum Gasteiger partial charge on any atom is -0.476 e. The molecule has 1 aromatic carbocycles. The van der Waals surface area contributed by atoms with Crippen molar-refractivity contribution in [2.24, 2.45) is 0 Å². The van der Waals surface area contributed by atoms with Gasteiger partial charge in [-0.15, -0.1) is 0 Å². The fraction of sp³-hybridized carbons (Fsp3) is 0.100. The molecule has 0 aliphatic rings. The molecule has 2 nitrogen and oxygen atoms in total. The fourth-order valence-corrected chi connectivity index (χ4v) is 1.21. The van der Waals surface area contributed by atoms with Crippen LogP contribution in [0.25, 0.3) is 5.83 Å². The first kappa shape index (κ1) is 14.1. The molecule has 0 radical (unpaired) electrons. The number of hydrogen-bond donors (Lipinski definition) is 1. The summed E-state index contributed by atoms with van der Waals surface area (Å²) >= 11 is 0. The Morgan fingerprint density at radius 1 is 0.944 bits per heavy atom. The molecule has 0 saturated heterocycles. The topological polar surface area (TPSA) is 37.3 Å². The predicted molar refractivity (Wildman–Crippen MR) is 47.8 cm³/mol. The molecular formula is C10H4F6O2. The number of halogens is 6. The van der Waals surface area contributed by atoms with Gasteiger partial charge >= 0.3 is 5.97 Å². The molecule has 0 aliphatic heterocycles. The van der Waals surface area contributed by atoms with Crippen molar-refractivity contribution in [2.75, 3.05) is 0 Å². The maximum Gasteiger partial charge on any atom is 0.367 e. The lowest BCUT2D eigenvalue weighted by molar-refractivity contribution is -0.134. The van der Waals surface area contributed by atoms with Crippen molar-refractivity contribution in [1.82, 2.24) is 0 Å². The molecule has 0 saturated carbocycles. The summed E-state index contributed by atoms with van der Waals surface area (Å²) in [5.74, 6) is -15.9. The zero-order valence-electron chi connectivity index (χ0n) is 8.62. The van der Waals surface area contributed by atoms with Crippen LogP contribution in [0.15, 0.2) is 5.83 Å². The van der Waals surface area contributed by atoms with Crippen LogP contribution in [0, 0.1) is 30.2 Å². The molecule has 0 bridgehead atoms. The van der Waals surface area contributed by atoms with E-state index in [4.69, 9.17) is 5.11 Å². The van der Waals surface area contributed by atoms with E-state index in [0.717, 1.165) is 0 Å². The van der Waals surface area contributed by atoms with Crippen molar-refractivity contribution in [3.05, 3.63) is 40.2 Å². The number of aliphatic carboxylic acids is 1. The van der Waals surface area contributed by atoms with Gasteiger partial charge in [-0.1, -0.05) is 0 Å². The molecule has 0 aromatic heterocycles. The maximum absolute atomic E-state index is 13.2. The molecule has 1 aromatic rings. The summed E-state index contributed by atoms with van der Waals surface area (Å²) in [7, 11) is 0. The van der Waals surface area contributed by atoms with Crippen molar-refractivity contribution < 1.29 is 36.2 Å². The van der Waals surface area contributed by atoms with Crippen LogP contribution in [0.3, 0.4) is 0 Å². The normalized spacial score (nSPS) is 12.4. The lowest BCUT2D eigenvalue weighted by Gasteiger charge is -2.08. The first-order chi connectivity index (χ1) is 8.20. The molecule has 0 spiro atoms. The Bertz CT molecular complexity index is 535. The summed E-state index contributed by atoms with van der Waals surface area (Å²) < 4.78 is 77.7. The third-order valence-electron chi connectivity index (χ3n) is 2.10. The summed E-state index contributed by atoms with van der Waals surface area (Å²) in [5.41, 5.74) is -2.69. The van der Waals surface area contributed by atoms with E-state index in [1.165, 1.54) is 0 Å². The van der Waals surface area contributed by atoms with Crippen LogP contribution in [-0.4, -0.2) is 11.1 Å². The lowest BCUT2D eigenvalue weighted by atomic mass is 10.0. The second-order valence-corrected chi connectivity index (χ2v) is 3.19. The number of rotatable bonds is 2. The predicted octanol–water partition coefficient (Wildman–Crippen LogP) is 3.24. The summed E-state index contributed by atoms with van der Waals surface area (Å²) in [4.78, 5) is 10.1. The van der Waals surface area contributed by atoms with Crippen molar-refractivity contribution in [3.8, 4) is 0 Å². The Kier molecular flexibility index (Phi) is 3.68. The van der Waals surface area contributed by atoms with Gasteiger partial charge in [0, 0.05) is 5.56 Å². The van der Waals surface area contributed by atoms with Gasteiger partial charge in [0.2, 0.25) is 5.83 Å². The van der Waals surface area contributed by atoms with Gasteiger partial charge in [-0.05, 0) is 6.92 Å². The Hall–Kier alpha value is -1.99. The monoisotopic (exact) mass is 270 g/mol. The zero-order valence-corrected chi connectivity index (χ0v) is 8.62. The standard InChI is InChI=1S/C10H4F6O2/c1-2-3(6(13)9(16)10(17)18)5(12)8(15)7(14)4(2)11/h1H3,(H,17,18). The second-order valence-electron chi connectivity index (χ2n) is 3.19. The largest absolute Gasteiger partial charge is 0.476 e. The zero-order chi connectivity index (χ0) is 14.2. The highest BCUT2D eigenvalue weighted by Crippen LogP contribution is 2.31. The van der Waals surface area contributed by atoms with E-state index in [2.05, 4.69) is 0 Å². The highest BCUT2D eigenvalue weighted by molar-refractivity contribution is 5.92. The quantitative estimate of drug-likeness (QED) is 0.387. The summed E-state index contributed by atoms with van der Waals surface area (Å²) in [6.45, 7) is 0.644. The second kappa shape index (κ2) is 4.71. The molecule has 0 unspecified atom stereocenters. The molecule has 0 aliphatic carbocycles. The van der Waals surface area contributed by atoms with E-state index in [-0.39, 0.29) is 0 Å². The average Bonchev–Trinajstić information content (AvgIpc) is 2.32. The van der Waals surface area contributed by atoms with E-state index < -0.39 is 52.0 Å². The van der Waals surface area contributed by atoms with Crippen LogP contribution in [0.1, 0.15) is 11.1 Å². The Labute approximate surface area is 96.2 Å². The number of carbonyl (C=O) groups is 1. The highest BCUT2D eigenvalue weighted by atomic mass is 19.2. The van der Waals surface area contributed by atoms with Crippen molar-refractivity contribution >= 4 is 11.8 Å². The smallest absolute Gasteiger partial charge is 0.367 e. The van der Waals surface area contributed by atoms with E-state index in [1.807, 2.05) is 0 Å². The molecule has 18 heavy (non-hydrogen) atoms. The Morgan fingerprint density at radius 2 is 1.39 bits per heavy atom. The van der Waals surface area contributed by atoms with Gasteiger partial charge in [-0.2, -0.15) is 4.39 Å². The van der Waals surface area contributed by atoms with Gasteiger partial charge in [0.25, 0.3) is 0 Å². The van der Waals surface area contributed by atoms with Gasteiger partial charge in [0.15, 0.2) is 29.1 Å². The van der Waals surface area contributed by atoms with Crippen LogP contribution in [0.2, 0.25) is 0 Å². The van der Waals surface area contributed by atoms with Crippen molar-refractivity contribution in [2.45, 2.75) is 6.92 Å². The molecule has 1 N–H and O–H groups in total. The van der Waals surface area contributed by atoms with Crippen molar-refractivity contribution in [3.63, 3.8) is 0 Å². The number of carboxylic acid groups (broad SMARTS) is 1. The van der Waals surface area contributed by atoms with Gasteiger partial charge < -0.3 is 5.11 Å². The first-order valence-corrected chi connectivity index (χ1v) is 4.31. The van der Waals surface area contributed by atoms with Crippen LogP contribution >= 0.6 is 0 Å². The first-order valence-electron chi connectivity index (χ1n) is 4.31. The molecule has 98 valence electrons. The molecule has 8 heteroatoms. The third-order valence-corrected chi connectivity index (χ3v) is 2.10. The average molecular weight is 270 g/mol. The van der Waals surface area contributed by atoms with Gasteiger partial charge in [0.05, 0.1) is 5.56 Å². The minimum atomic E-state index is -2.44. The van der Waals surface area contributed by atoms with E-state index in [9.17, 15) is 31.1 Å². The van der Waals surface area contributed by atoms with E-state index >= 15 is 0 Å². The van der Waals surface area contributed by atoms with Crippen LogP contribution in [-0.2, 0) is 4.79 Å². The van der Waals surface area contributed by atoms with Crippen LogP contribution in [0.5, 0.6) is 0 Å². The number of hydrogen-bond acceptors (Lipinski definition) is 1. The minimum absolute atomic E-state index is 0.644. The van der Waals surface area contributed by atoms with Crippen LogP contribution < -0.4 is 0 Å². The fourth-order valence-electron chi connectivity index (χ4n) is 1.21. The highest BCUT2D eigenvalue weighted by Gasteiger charge is 2.28. The summed E-state index contributed by atoms with van der Waals surface area (Å²) in [5, 5.41) is 8.13. The lowest BCUT2D eigenvalue weighted by Crippen LogP contribution is -2.07. The molecule has 0 fully saturated rings. The van der Waals surface area contributed by atoms with E-state index in [1.54, 1.807) is 0 Å². The van der Waals surface area contributed by atoms with E-state index in [0.29, 0.717) is 6.92 Å². The number of benzene rings is 1. The number of carboxylic acids is 1. The summed E-state index contributed by atoms with van der Waals surface area (Å²) in [6.07, 6.45) is 0.